The summed E-state index contributed by atoms with van der Waals surface area (Å²) in [6, 6.07) is 13.0. The van der Waals surface area contributed by atoms with Gasteiger partial charge in [-0.2, -0.15) is 0 Å². The number of fused-ring (bicyclic) bond motifs is 1. The van der Waals surface area contributed by atoms with Crippen molar-refractivity contribution in [2.75, 3.05) is 19.7 Å². The Morgan fingerprint density at radius 2 is 1.87 bits per heavy atom. The van der Waals surface area contributed by atoms with Gasteiger partial charge in [-0.15, -0.1) is 0 Å². The Balaban J connectivity index is 1.67. The highest BCUT2D eigenvalue weighted by Crippen LogP contribution is 2.34. The number of rotatable bonds is 8. The summed E-state index contributed by atoms with van der Waals surface area (Å²) in [4.78, 5) is 16.0. The molecule has 0 aliphatic rings. The van der Waals surface area contributed by atoms with E-state index in [9.17, 15) is 4.79 Å². The summed E-state index contributed by atoms with van der Waals surface area (Å²) in [5.41, 5.74) is 2.32. The van der Waals surface area contributed by atoms with Gasteiger partial charge < -0.3 is 20.1 Å². The molecular weight excluding hydrogens is 425 g/mol. The van der Waals surface area contributed by atoms with Crippen molar-refractivity contribution in [2.24, 2.45) is 0 Å². The van der Waals surface area contributed by atoms with E-state index in [-0.39, 0.29) is 19.2 Å². The minimum atomic E-state index is -0.239. The first-order valence-corrected chi connectivity index (χ1v) is 10.4. The molecule has 2 amide bonds. The molecule has 0 bridgehead atoms. The molecule has 3 aromatic rings. The summed E-state index contributed by atoms with van der Waals surface area (Å²) >= 11 is 12.8. The van der Waals surface area contributed by atoms with Gasteiger partial charge in [-0.1, -0.05) is 41.4 Å². The SMILES string of the molecule is CCNC(=O)NCCOc1ccc(Cl)c(COc2cc3ccccc3nc2C)c1Cl. The van der Waals surface area contributed by atoms with Crippen LogP contribution in [0.5, 0.6) is 11.5 Å². The van der Waals surface area contributed by atoms with Crippen LogP contribution in [0.3, 0.4) is 0 Å². The van der Waals surface area contributed by atoms with Crippen molar-refractivity contribution in [1.82, 2.24) is 15.6 Å². The Hall–Kier alpha value is -2.70. The lowest BCUT2D eigenvalue weighted by molar-refractivity contribution is 0.237. The summed E-state index contributed by atoms with van der Waals surface area (Å²) in [6.07, 6.45) is 0. The zero-order valence-corrected chi connectivity index (χ0v) is 18.3. The molecule has 2 aromatic carbocycles. The third-order valence-electron chi connectivity index (χ3n) is 4.37. The molecule has 0 fully saturated rings. The summed E-state index contributed by atoms with van der Waals surface area (Å²) < 4.78 is 11.7. The molecule has 0 spiro atoms. The molecule has 2 N–H and O–H groups in total. The third-order valence-corrected chi connectivity index (χ3v) is 5.14. The Morgan fingerprint density at radius 3 is 2.67 bits per heavy atom. The second kappa shape index (κ2) is 10.4. The monoisotopic (exact) mass is 447 g/mol. The van der Waals surface area contributed by atoms with Gasteiger partial charge in [0.25, 0.3) is 0 Å². The minimum absolute atomic E-state index is 0.173. The number of nitrogens with one attached hydrogen (secondary N) is 2. The average Bonchev–Trinajstić information content (AvgIpc) is 2.72. The van der Waals surface area contributed by atoms with Gasteiger partial charge in [-0.25, -0.2) is 9.78 Å². The van der Waals surface area contributed by atoms with Crippen LogP contribution in [-0.4, -0.2) is 30.7 Å². The van der Waals surface area contributed by atoms with Gasteiger partial charge >= 0.3 is 6.03 Å². The number of urea groups is 1. The highest BCUT2D eigenvalue weighted by atomic mass is 35.5. The molecule has 0 aliphatic heterocycles. The number of para-hydroxylation sites is 1. The van der Waals surface area contributed by atoms with Gasteiger partial charge in [0, 0.05) is 22.5 Å². The van der Waals surface area contributed by atoms with Gasteiger partial charge in [-0.3, -0.25) is 0 Å². The van der Waals surface area contributed by atoms with Crippen LogP contribution in [0.25, 0.3) is 10.9 Å². The van der Waals surface area contributed by atoms with E-state index in [2.05, 4.69) is 15.6 Å². The number of benzene rings is 2. The van der Waals surface area contributed by atoms with Crippen molar-refractivity contribution in [1.29, 1.82) is 0 Å². The molecule has 158 valence electrons. The number of carbonyl (C=O) groups excluding carboxylic acids is 1. The largest absolute Gasteiger partial charge is 0.490 e. The summed E-state index contributed by atoms with van der Waals surface area (Å²) in [7, 11) is 0. The normalized spacial score (nSPS) is 10.7. The Bertz CT molecular complexity index is 1040. The number of carbonyl (C=O) groups is 1. The number of aromatic nitrogens is 1. The number of nitrogens with zero attached hydrogens (tertiary/aromatic N) is 1. The maximum atomic E-state index is 11.4. The van der Waals surface area contributed by atoms with Gasteiger partial charge in [0.05, 0.1) is 22.8 Å². The summed E-state index contributed by atoms with van der Waals surface area (Å²) in [6.45, 7) is 5.10. The molecule has 6 nitrogen and oxygen atoms in total. The van der Waals surface area contributed by atoms with Crippen LogP contribution in [0.4, 0.5) is 4.79 Å². The van der Waals surface area contributed by atoms with Crippen LogP contribution in [0, 0.1) is 6.92 Å². The van der Waals surface area contributed by atoms with Crippen molar-refractivity contribution >= 4 is 40.1 Å². The lowest BCUT2D eigenvalue weighted by Gasteiger charge is -2.15. The zero-order valence-electron chi connectivity index (χ0n) is 16.8. The van der Waals surface area contributed by atoms with Crippen LogP contribution in [0.2, 0.25) is 10.0 Å². The summed E-state index contributed by atoms with van der Waals surface area (Å²) in [5, 5.41) is 7.20. The van der Waals surface area contributed by atoms with Crippen LogP contribution < -0.4 is 20.1 Å². The molecule has 0 radical (unpaired) electrons. The van der Waals surface area contributed by atoms with Crippen molar-refractivity contribution in [3.8, 4) is 11.5 Å². The molecule has 0 saturated carbocycles. The van der Waals surface area contributed by atoms with Crippen LogP contribution in [0.15, 0.2) is 42.5 Å². The smallest absolute Gasteiger partial charge is 0.314 e. The zero-order chi connectivity index (χ0) is 21.5. The van der Waals surface area contributed by atoms with E-state index in [4.69, 9.17) is 32.7 Å². The molecule has 0 unspecified atom stereocenters. The first-order chi connectivity index (χ1) is 14.5. The number of pyridine rings is 1. The van der Waals surface area contributed by atoms with E-state index in [0.29, 0.717) is 40.2 Å². The minimum Gasteiger partial charge on any atom is -0.490 e. The number of halogens is 2. The molecule has 8 heteroatoms. The molecule has 1 heterocycles. The maximum Gasteiger partial charge on any atom is 0.314 e. The number of ether oxygens (including phenoxy) is 2. The number of aryl methyl sites for hydroxylation is 1. The molecule has 0 aliphatic carbocycles. The van der Waals surface area contributed by atoms with Gasteiger partial charge in [0.2, 0.25) is 0 Å². The molecule has 3 rings (SSSR count). The molecule has 1 aromatic heterocycles. The number of amides is 2. The van der Waals surface area contributed by atoms with Gasteiger partial charge in [0.1, 0.15) is 24.7 Å². The standard InChI is InChI=1S/C22H23Cl2N3O3/c1-3-25-22(28)26-10-11-29-19-9-8-17(23)16(21(19)24)13-30-20-12-15-6-4-5-7-18(15)27-14(20)2/h4-9,12H,3,10-11,13H2,1-2H3,(H2,25,26,28). The summed E-state index contributed by atoms with van der Waals surface area (Å²) in [5.74, 6) is 1.14. The van der Waals surface area contributed by atoms with Crippen molar-refractivity contribution in [3.63, 3.8) is 0 Å². The molecule has 0 atom stereocenters. The fourth-order valence-corrected chi connectivity index (χ4v) is 3.39. The molecule has 0 saturated heterocycles. The van der Waals surface area contributed by atoms with E-state index in [0.717, 1.165) is 16.6 Å². The second-order valence-corrected chi connectivity index (χ2v) is 7.31. The molecule has 30 heavy (non-hydrogen) atoms. The van der Waals surface area contributed by atoms with E-state index >= 15 is 0 Å². The number of hydrogen-bond acceptors (Lipinski definition) is 4. The molecular formula is C22H23Cl2N3O3. The third kappa shape index (κ3) is 5.46. The van der Waals surface area contributed by atoms with Crippen molar-refractivity contribution < 1.29 is 14.3 Å². The first-order valence-electron chi connectivity index (χ1n) is 9.60. The second-order valence-electron chi connectivity index (χ2n) is 6.53. The van der Waals surface area contributed by atoms with Gasteiger partial charge in [0.15, 0.2) is 0 Å². The Labute approximate surface area is 185 Å². The fraction of sp³-hybridized carbons (Fsp3) is 0.273. The highest BCUT2D eigenvalue weighted by molar-refractivity contribution is 6.36. The predicted octanol–water partition coefficient (Wildman–Crippen LogP) is 5.13. The maximum absolute atomic E-state index is 11.4. The van der Waals surface area contributed by atoms with Crippen LogP contribution in [0.1, 0.15) is 18.2 Å². The van der Waals surface area contributed by atoms with Crippen molar-refractivity contribution in [3.05, 3.63) is 63.8 Å². The lowest BCUT2D eigenvalue weighted by atomic mass is 10.2. The number of hydrogen-bond donors (Lipinski definition) is 2. The predicted molar refractivity (Wildman–Crippen MR) is 120 cm³/mol. The van der Waals surface area contributed by atoms with E-state index < -0.39 is 0 Å². The van der Waals surface area contributed by atoms with Crippen LogP contribution >= 0.6 is 23.2 Å². The quantitative estimate of drug-likeness (QED) is 0.469. The van der Waals surface area contributed by atoms with E-state index in [1.165, 1.54) is 0 Å². The van der Waals surface area contributed by atoms with E-state index in [1.807, 2.05) is 44.2 Å². The Kier molecular flexibility index (Phi) is 7.60. The first kappa shape index (κ1) is 22.0. The fourth-order valence-electron chi connectivity index (χ4n) is 2.86. The van der Waals surface area contributed by atoms with Crippen molar-refractivity contribution in [2.45, 2.75) is 20.5 Å². The lowest BCUT2D eigenvalue weighted by Crippen LogP contribution is -2.37. The van der Waals surface area contributed by atoms with Crippen LogP contribution in [-0.2, 0) is 6.61 Å². The van der Waals surface area contributed by atoms with E-state index in [1.54, 1.807) is 12.1 Å². The van der Waals surface area contributed by atoms with Gasteiger partial charge in [-0.05, 0) is 38.1 Å². The average molecular weight is 448 g/mol. The topological polar surface area (TPSA) is 72.5 Å². The Morgan fingerprint density at radius 1 is 1.07 bits per heavy atom. The highest BCUT2D eigenvalue weighted by Gasteiger charge is 2.14.